The van der Waals surface area contributed by atoms with Crippen LogP contribution in [0.4, 0.5) is 0 Å². The molecular weight excluding hydrogens is 330 g/mol. The highest BCUT2D eigenvalue weighted by Crippen LogP contribution is 2.29. The second kappa shape index (κ2) is 7.50. The molecular formula is C19H29N5O2. The molecule has 0 N–H and O–H groups in total. The number of aromatic nitrogens is 3. The first kappa shape index (κ1) is 17.7. The Bertz CT molecular complexity index is 740. The minimum Gasteiger partial charge on any atom is -0.418 e. The summed E-state index contributed by atoms with van der Waals surface area (Å²) in [5.41, 5.74) is 2.16. The smallest absolute Gasteiger partial charge is 0.264 e. The first-order valence-corrected chi connectivity index (χ1v) is 9.54. The van der Waals surface area contributed by atoms with E-state index in [9.17, 15) is 0 Å². The number of fused-ring (bicyclic) bond motifs is 4. The van der Waals surface area contributed by atoms with Gasteiger partial charge < -0.3 is 13.7 Å². The molecule has 7 nitrogen and oxygen atoms in total. The monoisotopic (exact) mass is 359 g/mol. The van der Waals surface area contributed by atoms with Crippen molar-refractivity contribution >= 4 is 0 Å². The van der Waals surface area contributed by atoms with Gasteiger partial charge in [-0.2, -0.15) is 0 Å². The lowest BCUT2D eigenvalue weighted by molar-refractivity contribution is 0.0865. The van der Waals surface area contributed by atoms with Gasteiger partial charge >= 0.3 is 0 Å². The van der Waals surface area contributed by atoms with E-state index in [0.717, 1.165) is 44.4 Å². The average molecular weight is 359 g/mol. The van der Waals surface area contributed by atoms with E-state index in [0.29, 0.717) is 17.8 Å². The Labute approximate surface area is 154 Å². The Balaban J connectivity index is 1.43. The van der Waals surface area contributed by atoms with E-state index in [2.05, 4.69) is 37.6 Å². The van der Waals surface area contributed by atoms with Crippen molar-refractivity contribution in [2.45, 2.75) is 32.4 Å². The molecule has 3 aliphatic heterocycles. The number of aryl methyl sites for hydroxylation is 1. The molecule has 0 spiro atoms. The fourth-order valence-electron chi connectivity index (χ4n) is 4.33. The molecule has 26 heavy (non-hydrogen) atoms. The van der Waals surface area contributed by atoms with E-state index in [1.807, 2.05) is 13.1 Å². The van der Waals surface area contributed by atoms with Crippen LogP contribution in [0.1, 0.15) is 24.4 Å². The molecule has 2 atom stereocenters. The zero-order valence-corrected chi connectivity index (χ0v) is 16.0. The summed E-state index contributed by atoms with van der Waals surface area (Å²) < 4.78 is 13.3. The van der Waals surface area contributed by atoms with Gasteiger partial charge in [0.25, 0.3) is 5.89 Å². The second-order valence-electron chi connectivity index (χ2n) is 7.70. The van der Waals surface area contributed by atoms with E-state index in [1.54, 1.807) is 7.11 Å². The van der Waals surface area contributed by atoms with Crippen LogP contribution in [0.25, 0.3) is 11.6 Å². The van der Waals surface area contributed by atoms with Gasteiger partial charge in [-0.05, 0) is 37.8 Å². The highest BCUT2D eigenvalue weighted by atomic mass is 16.5. The summed E-state index contributed by atoms with van der Waals surface area (Å²) in [5, 5.41) is 8.57. The molecule has 0 aromatic carbocycles. The van der Waals surface area contributed by atoms with Crippen molar-refractivity contribution in [2.75, 3.05) is 39.9 Å². The first-order chi connectivity index (χ1) is 12.6. The van der Waals surface area contributed by atoms with Crippen LogP contribution in [0.15, 0.2) is 16.5 Å². The maximum absolute atomic E-state index is 5.97. The number of rotatable bonds is 6. The number of hydrogen-bond donors (Lipinski definition) is 0. The van der Waals surface area contributed by atoms with Gasteiger partial charge in [-0.15, -0.1) is 10.2 Å². The minimum absolute atomic E-state index is 0.607. The summed E-state index contributed by atoms with van der Waals surface area (Å²) in [4.78, 5) is 5.09. The third kappa shape index (κ3) is 3.56. The highest BCUT2D eigenvalue weighted by molar-refractivity contribution is 5.48. The molecule has 5 rings (SSSR count). The molecule has 0 radical (unpaired) electrons. The lowest BCUT2D eigenvalue weighted by Crippen LogP contribution is -2.45. The van der Waals surface area contributed by atoms with Crippen molar-refractivity contribution in [3.8, 4) is 11.6 Å². The SMILES string of the molecule is COCCN1C[C@@H]2CC[C@H]1CN(Cc1nnc(-c3ccc(C)n3C)o1)C2. The Morgan fingerprint density at radius 1 is 1.19 bits per heavy atom. The summed E-state index contributed by atoms with van der Waals surface area (Å²) in [6.07, 6.45) is 2.60. The van der Waals surface area contributed by atoms with Gasteiger partial charge in [0.05, 0.1) is 13.2 Å². The van der Waals surface area contributed by atoms with Crippen LogP contribution < -0.4 is 0 Å². The molecule has 3 saturated heterocycles. The minimum atomic E-state index is 0.607. The Hall–Kier alpha value is -1.70. The molecule has 5 heterocycles. The summed E-state index contributed by atoms with van der Waals surface area (Å²) in [6.45, 7) is 8.02. The quantitative estimate of drug-likeness (QED) is 0.785. The fourth-order valence-corrected chi connectivity index (χ4v) is 4.33. The molecule has 0 unspecified atom stereocenters. The first-order valence-electron chi connectivity index (χ1n) is 9.54. The Morgan fingerprint density at radius 2 is 2.08 bits per heavy atom. The Morgan fingerprint density at radius 3 is 2.85 bits per heavy atom. The highest BCUT2D eigenvalue weighted by Gasteiger charge is 2.34. The number of methoxy groups -OCH3 is 1. The second-order valence-corrected chi connectivity index (χ2v) is 7.70. The van der Waals surface area contributed by atoms with Crippen LogP contribution in [0.3, 0.4) is 0 Å². The molecule has 0 aliphatic carbocycles. The third-order valence-electron chi connectivity index (χ3n) is 5.90. The van der Waals surface area contributed by atoms with Crippen molar-refractivity contribution in [3.63, 3.8) is 0 Å². The van der Waals surface area contributed by atoms with Crippen LogP contribution in [0.2, 0.25) is 0 Å². The third-order valence-corrected chi connectivity index (χ3v) is 5.90. The molecule has 2 bridgehead atoms. The van der Waals surface area contributed by atoms with Gasteiger partial charge in [-0.1, -0.05) is 0 Å². The molecule has 2 aromatic rings. The largest absolute Gasteiger partial charge is 0.418 e. The van der Waals surface area contributed by atoms with Gasteiger partial charge in [-0.3, -0.25) is 9.80 Å². The molecule has 0 saturated carbocycles. The lowest BCUT2D eigenvalue weighted by Gasteiger charge is -2.35. The summed E-state index contributed by atoms with van der Waals surface area (Å²) >= 11 is 0. The van der Waals surface area contributed by atoms with Crippen molar-refractivity contribution in [1.82, 2.24) is 24.6 Å². The van der Waals surface area contributed by atoms with Crippen molar-refractivity contribution in [1.29, 1.82) is 0 Å². The van der Waals surface area contributed by atoms with E-state index in [-0.39, 0.29) is 0 Å². The predicted octanol–water partition coefficient (Wildman–Crippen LogP) is 1.93. The van der Waals surface area contributed by atoms with Crippen molar-refractivity contribution < 1.29 is 9.15 Å². The lowest BCUT2D eigenvalue weighted by atomic mass is 9.95. The fraction of sp³-hybridized carbons (Fsp3) is 0.684. The predicted molar refractivity (Wildman–Crippen MR) is 98.7 cm³/mol. The number of piperidine rings is 1. The zero-order chi connectivity index (χ0) is 18.1. The van der Waals surface area contributed by atoms with E-state index >= 15 is 0 Å². The standard InChI is InChI=1S/C19H29N5O2/c1-14-4-7-17(22(14)2)19-21-20-18(26-19)13-23-10-15-5-6-16(12-23)24(11-15)8-9-25-3/h4,7,15-16H,5-6,8-13H2,1-3H3/t15-,16+/m1/s1. The number of ether oxygens (including phenoxy) is 1. The summed E-state index contributed by atoms with van der Waals surface area (Å²) in [7, 11) is 3.80. The van der Waals surface area contributed by atoms with Crippen LogP contribution in [0.5, 0.6) is 0 Å². The molecule has 3 aliphatic rings. The number of hydrogen-bond acceptors (Lipinski definition) is 6. The summed E-state index contributed by atoms with van der Waals surface area (Å²) in [6, 6.07) is 4.72. The van der Waals surface area contributed by atoms with Crippen LogP contribution in [-0.2, 0) is 18.3 Å². The molecule has 0 amide bonds. The Kier molecular flexibility index (Phi) is 5.11. The number of nitrogens with zero attached hydrogens (tertiary/aromatic N) is 5. The molecule has 2 aromatic heterocycles. The topological polar surface area (TPSA) is 59.6 Å². The normalized spacial score (nSPS) is 24.3. The van der Waals surface area contributed by atoms with Gasteiger partial charge in [0.15, 0.2) is 0 Å². The molecule has 3 fully saturated rings. The maximum atomic E-state index is 5.97. The van der Waals surface area contributed by atoms with Crippen LogP contribution >= 0.6 is 0 Å². The van der Waals surface area contributed by atoms with Crippen molar-refractivity contribution in [3.05, 3.63) is 23.7 Å². The van der Waals surface area contributed by atoms with Crippen molar-refractivity contribution in [2.24, 2.45) is 13.0 Å². The van der Waals surface area contributed by atoms with E-state index < -0.39 is 0 Å². The van der Waals surface area contributed by atoms with E-state index in [1.165, 1.54) is 25.1 Å². The van der Waals surface area contributed by atoms with Gasteiger partial charge in [0, 0.05) is 52.1 Å². The van der Waals surface area contributed by atoms with Crippen LogP contribution in [-0.4, -0.2) is 70.5 Å². The van der Waals surface area contributed by atoms with Gasteiger partial charge in [-0.25, -0.2) is 0 Å². The average Bonchev–Trinajstić information content (AvgIpc) is 3.10. The van der Waals surface area contributed by atoms with Gasteiger partial charge in [0.1, 0.15) is 5.69 Å². The molecule has 7 heteroatoms. The zero-order valence-electron chi connectivity index (χ0n) is 16.0. The van der Waals surface area contributed by atoms with Gasteiger partial charge in [0.2, 0.25) is 5.89 Å². The maximum Gasteiger partial charge on any atom is 0.264 e. The summed E-state index contributed by atoms with van der Waals surface area (Å²) in [5.74, 6) is 2.04. The van der Waals surface area contributed by atoms with Crippen LogP contribution in [0, 0.1) is 12.8 Å². The molecule has 142 valence electrons. The van der Waals surface area contributed by atoms with E-state index in [4.69, 9.17) is 9.15 Å².